The zero-order valence-electron chi connectivity index (χ0n) is 13.1. The van der Waals surface area contributed by atoms with Crippen LogP contribution in [0.2, 0.25) is 0 Å². The Morgan fingerprint density at radius 3 is 2.40 bits per heavy atom. The van der Waals surface area contributed by atoms with E-state index >= 15 is 0 Å². The third-order valence-corrected chi connectivity index (χ3v) is 3.54. The van der Waals surface area contributed by atoms with Gasteiger partial charge in [0.15, 0.2) is 0 Å². The van der Waals surface area contributed by atoms with Crippen molar-refractivity contribution in [3.63, 3.8) is 0 Å². The van der Waals surface area contributed by atoms with Crippen LogP contribution < -0.4 is 0 Å². The molecule has 0 atom stereocenters. The van der Waals surface area contributed by atoms with Crippen molar-refractivity contribution in [1.82, 2.24) is 9.78 Å². The van der Waals surface area contributed by atoms with Crippen LogP contribution in [0.4, 0.5) is 0 Å². The maximum atomic E-state index is 10.3. The maximum Gasteiger partial charge on any atom is 0.234 e. The zero-order chi connectivity index (χ0) is 14.9. The minimum atomic E-state index is -0.116. The van der Waals surface area contributed by atoms with Crippen LogP contribution in [0.5, 0.6) is 5.88 Å². The summed E-state index contributed by atoms with van der Waals surface area (Å²) in [4.78, 5) is 0. The van der Waals surface area contributed by atoms with Gasteiger partial charge in [0.1, 0.15) is 0 Å². The van der Waals surface area contributed by atoms with Crippen molar-refractivity contribution >= 4 is 0 Å². The van der Waals surface area contributed by atoms with Gasteiger partial charge < -0.3 is 5.11 Å². The zero-order valence-corrected chi connectivity index (χ0v) is 13.1. The van der Waals surface area contributed by atoms with Crippen LogP contribution in [0.1, 0.15) is 50.9 Å². The SMILES string of the molecule is CCCc1c(C(C)(C)C)c(O)nn1-c1ccccc1C. The van der Waals surface area contributed by atoms with E-state index in [1.807, 2.05) is 22.9 Å². The fourth-order valence-electron chi connectivity index (χ4n) is 2.68. The van der Waals surface area contributed by atoms with Crippen molar-refractivity contribution in [3.8, 4) is 11.6 Å². The van der Waals surface area contributed by atoms with Crippen molar-refractivity contribution in [1.29, 1.82) is 0 Å². The fourth-order valence-corrected chi connectivity index (χ4v) is 2.68. The summed E-state index contributed by atoms with van der Waals surface area (Å²) >= 11 is 0. The van der Waals surface area contributed by atoms with Gasteiger partial charge in [0.25, 0.3) is 0 Å². The molecule has 0 saturated heterocycles. The number of hydrogen-bond donors (Lipinski definition) is 1. The average Bonchev–Trinajstić information content (AvgIpc) is 2.67. The number of nitrogens with zero attached hydrogens (tertiary/aromatic N) is 2. The first-order chi connectivity index (χ1) is 9.36. The molecular weight excluding hydrogens is 248 g/mol. The maximum absolute atomic E-state index is 10.3. The number of aryl methyl sites for hydroxylation is 1. The molecule has 0 bridgehead atoms. The molecule has 20 heavy (non-hydrogen) atoms. The van der Waals surface area contributed by atoms with Gasteiger partial charge in [-0.05, 0) is 30.4 Å². The number of aromatic nitrogens is 2. The number of hydrogen-bond acceptors (Lipinski definition) is 2. The molecule has 0 aliphatic rings. The number of rotatable bonds is 3. The summed E-state index contributed by atoms with van der Waals surface area (Å²) < 4.78 is 1.91. The predicted molar refractivity (Wildman–Crippen MR) is 82.7 cm³/mol. The lowest BCUT2D eigenvalue weighted by molar-refractivity contribution is 0.426. The standard InChI is InChI=1S/C17H24N2O/c1-6-9-14-15(17(3,4)5)16(20)18-19(14)13-11-8-7-10-12(13)2/h7-8,10-11H,6,9H2,1-5H3,(H,18,20). The third-order valence-electron chi connectivity index (χ3n) is 3.54. The minimum absolute atomic E-state index is 0.116. The summed E-state index contributed by atoms with van der Waals surface area (Å²) in [5, 5.41) is 14.7. The molecule has 0 saturated carbocycles. The van der Waals surface area contributed by atoms with Crippen LogP contribution in [-0.4, -0.2) is 14.9 Å². The Morgan fingerprint density at radius 2 is 1.85 bits per heavy atom. The Balaban J connectivity index is 2.69. The van der Waals surface area contributed by atoms with E-state index in [1.54, 1.807) is 0 Å². The van der Waals surface area contributed by atoms with Crippen LogP contribution in [0.25, 0.3) is 5.69 Å². The molecule has 108 valence electrons. The molecule has 0 spiro atoms. The van der Waals surface area contributed by atoms with Crippen molar-refractivity contribution in [2.45, 2.75) is 52.9 Å². The lowest BCUT2D eigenvalue weighted by Gasteiger charge is -2.20. The molecule has 1 N–H and O–H groups in total. The van der Waals surface area contributed by atoms with Crippen molar-refractivity contribution in [3.05, 3.63) is 41.1 Å². The molecule has 1 aromatic carbocycles. The second kappa shape index (κ2) is 5.31. The van der Waals surface area contributed by atoms with Gasteiger partial charge in [0.2, 0.25) is 5.88 Å². The van der Waals surface area contributed by atoms with Gasteiger partial charge in [-0.25, -0.2) is 4.68 Å². The predicted octanol–water partition coefficient (Wildman–Crippen LogP) is 4.14. The van der Waals surface area contributed by atoms with Gasteiger partial charge in [-0.2, -0.15) is 0 Å². The van der Waals surface area contributed by atoms with Crippen LogP contribution >= 0.6 is 0 Å². The number of aromatic hydroxyl groups is 1. The normalized spacial score (nSPS) is 11.8. The molecule has 3 heteroatoms. The Kier molecular flexibility index (Phi) is 3.89. The van der Waals surface area contributed by atoms with E-state index in [9.17, 15) is 5.11 Å². The number of para-hydroxylation sites is 1. The smallest absolute Gasteiger partial charge is 0.234 e. The van der Waals surface area contributed by atoms with Crippen LogP contribution in [0.3, 0.4) is 0 Å². The quantitative estimate of drug-likeness (QED) is 0.912. The summed E-state index contributed by atoms with van der Waals surface area (Å²) in [5.74, 6) is 0.157. The Bertz CT molecular complexity index is 606. The molecule has 0 aliphatic carbocycles. The molecule has 0 amide bonds. The van der Waals surface area contributed by atoms with Gasteiger partial charge in [-0.3, -0.25) is 0 Å². The first-order valence-corrected chi connectivity index (χ1v) is 7.23. The first-order valence-electron chi connectivity index (χ1n) is 7.23. The molecule has 2 rings (SSSR count). The van der Waals surface area contributed by atoms with Crippen LogP contribution in [-0.2, 0) is 11.8 Å². The third kappa shape index (κ3) is 2.58. The summed E-state index contributed by atoms with van der Waals surface area (Å²) in [6.07, 6.45) is 1.94. The van der Waals surface area contributed by atoms with E-state index in [2.05, 4.69) is 45.8 Å². The van der Waals surface area contributed by atoms with Gasteiger partial charge in [-0.15, -0.1) is 5.10 Å². The molecule has 0 radical (unpaired) electrons. The molecule has 3 nitrogen and oxygen atoms in total. The van der Waals surface area contributed by atoms with E-state index in [4.69, 9.17) is 0 Å². The van der Waals surface area contributed by atoms with E-state index in [0.717, 1.165) is 35.3 Å². The van der Waals surface area contributed by atoms with E-state index in [-0.39, 0.29) is 11.3 Å². The largest absolute Gasteiger partial charge is 0.492 e. The molecule has 1 heterocycles. The molecule has 2 aromatic rings. The lowest BCUT2D eigenvalue weighted by Crippen LogP contribution is -2.15. The van der Waals surface area contributed by atoms with E-state index < -0.39 is 0 Å². The first kappa shape index (κ1) is 14.6. The minimum Gasteiger partial charge on any atom is -0.492 e. The molecule has 0 unspecified atom stereocenters. The highest BCUT2D eigenvalue weighted by Gasteiger charge is 2.27. The summed E-state index contributed by atoms with van der Waals surface area (Å²) in [6, 6.07) is 8.15. The Labute approximate surface area is 121 Å². The second-order valence-corrected chi connectivity index (χ2v) is 6.34. The van der Waals surface area contributed by atoms with Gasteiger partial charge in [0, 0.05) is 5.56 Å². The Hall–Kier alpha value is -1.77. The highest BCUT2D eigenvalue weighted by atomic mass is 16.3. The molecule has 1 aromatic heterocycles. The van der Waals surface area contributed by atoms with Crippen molar-refractivity contribution < 1.29 is 5.11 Å². The van der Waals surface area contributed by atoms with E-state index in [0.29, 0.717) is 0 Å². The molecule has 0 aliphatic heterocycles. The Morgan fingerprint density at radius 1 is 1.20 bits per heavy atom. The monoisotopic (exact) mass is 272 g/mol. The second-order valence-electron chi connectivity index (χ2n) is 6.34. The summed E-state index contributed by atoms with van der Waals surface area (Å²) in [6.45, 7) is 10.6. The average molecular weight is 272 g/mol. The fraction of sp³-hybridized carbons (Fsp3) is 0.471. The lowest BCUT2D eigenvalue weighted by atomic mass is 9.86. The highest BCUT2D eigenvalue weighted by molar-refractivity contribution is 5.46. The molecule has 0 fully saturated rings. The van der Waals surface area contributed by atoms with Crippen LogP contribution in [0, 0.1) is 6.92 Å². The summed E-state index contributed by atoms with van der Waals surface area (Å²) in [7, 11) is 0. The highest BCUT2D eigenvalue weighted by Crippen LogP contribution is 2.35. The summed E-state index contributed by atoms with van der Waals surface area (Å²) in [5.41, 5.74) is 4.17. The van der Waals surface area contributed by atoms with E-state index in [1.165, 1.54) is 0 Å². The van der Waals surface area contributed by atoms with Gasteiger partial charge in [0.05, 0.1) is 11.4 Å². The molecular formula is C17H24N2O. The van der Waals surface area contributed by atoms with Gasteiger partial charge >= 0.3 is 0 Å². The van der Waals surface area contributed by atoms with Crippen molar-refractivity contribution in [2.75, 3.05) is 0 Å². The topological polar surface area (TPSA) is 38.1 Å². The van der Waals surface area contributed by atoms with Gasteiger partial charge in [-0.1, -0.05) is 52.3 Å². The van der Waals surface area contributed by atoms with Crippen LogP contribution in [0.15, 0.2) is 24.3 Å². The van der Waals surface area contributed by atoms with Crippen molar-refractivity contribution in [2.24, 2.45) is 0 Å². The number of benzene rings is 1.